The maximum atomic E-state index is 12.6. The van der Waals surface area contributed by atoms with Gasteiger partial charge in [-0.05, 0) is 41.1 Å². The average molecular weight is 354 g/mol. The number of hydrogen-bond donors (Lipinski definition) is 2. The first-order valence-corrected chi connectivity index (χ1v) is 9.08. The van der Waals surface area contributed by atoms with Crippen LogP contribution in [0.5, 0.6) is 5.75 Å². The molecule has 0 bridgehead atoms. The Balaban J connectivity index is 1.67. The second-order valence-corrected chi connectivity index (χ2v) is 7.34. The van der Waals surface area contributed by atoms with Gasteiger partial charge in [0.2, 0.25) is 0 Å². The summed E-state index contributed by atoms with van der Waals surface area (Å²) in [4.78, 5) is 11.4. The molecule has 0 aromatic heterocycles. The number of amides is 1. The zero-order valence-electron chi connectivity index (χ0n) is 13.0. The van der Waals surface area contributed by atoms with Crippen LogP contribution in [0.2, 0.25) is 0 Å². The van der Waals surface area contributed by atoms with E-state index in [1.54, 1.807) is 12.1 Å². The van der Waals surface area contributed by atoms with Crippen LogP contribution in [0.1, 0.15) is 0 Å². The molecule has 25 heavy (non-hydrogen) atoms. The van der Waals surface area contributed by atoms with E-state index in [2.05, 4.69) is 10.0 Å². The van der Waals surface area contributed by atoms with Gasteiger partial charge < -0.3 is 10.1 Å². The standard InChI is InChI=1S/C18H14N2O4S/c21-18-11-24-17-8-7-15(10-16(17)19-18)25(22,23)20-14-6-5-12-3-1-2-4-13(12)9-14/h1-10,20H,11H2,(H,19,21). The largest absolute Gasteiger partial charge is 0.482 e. The van der Waals surface area contributed by atoms with Crippen molar-refractivity contribution < 1.29 is 17.9 Å². The molecular formula is C18H14N2O4S. The summed E-state index contributed by atoms with van der Waals surface area (Å²) < 4.78 is 33.1. The number of carbonyl (C=O) groups excluding carboxylic acids is 1. The van der Waals surface area contributed by atoms with E-state index in [9.17, 15) is 13.2 Å². The minimum Gasteiger partial charge on any atom is -0.482 e. The van der Waals surface area contributed by atoms with E-state index in [0.29, 0.717) is 17.1 Å². The zero-order chi connectivity index (χ0) is 17.4. The van der Waals surface area contributed by atoms with Crippen LogP contribution in [0, 0.1) is 0 Å². The van der Waals surface area contributed by atoms with Crippen molar-refractivity contribution in [3.63, 3.8) is 0 Å². The number of benzene rings is 3. The molecule has 2 N–H and O–H groups in total. The van der Waals surface area contributed by atoms with Crippen LogP contribution in [-0.2, 0) is 14.8 Å². The lowest BCUT2D eigenvalue weighted by Crippen LogP contribution is -2.25. The molecule has 1 aliphatic rings. The first-order valence-electron chi connectivity index (χ1n) is 7.60. The van der Waals surface area contributed by atoms with Crippen molar-refractivity contribution in [2.45, 2.75) is 4.90 Å². The smallest absolute Gasteiger partial charge is 0.262 e. The van der Waals surface area contributed by atoms with Crippen LogP contribution < -0.4 is 14.8 Å². The van der Waals surface area contributed by atoms with Gasteiger partial charge in [0, 0.05) is 5.69 Å². The Morgan fingerprint density at radius 2 is 1.76 bits per heavy atom. The molecule has 1 amide bonds. The van der Waals surface area contributed by atoms with Crippen molar-refractivity contribution in [3.8, 4) is 5.75 Å². The van der Waals surface area contributed by atoms with E-state index < -0.39 is 10.0 Å². The van der Waals surface area contributed by atoms with E-state index in [1.807, 2.05) is 30.3 Å². The fourth-order valence-corrected chi connectivity index (χ4v) is 3.77. The summed E-state index contributed by atoms with van der Waals surface area (Å²) in [7, 11) is -3.79. The molecule has 1 aliphatic heterocycles. The van der Waals surface area contributed by atoms with Crippen LogP contribution in [0.4, 0.5) is 11.4 Å². The third-order valence-electron chi connectivity index (χ3n) is 3.90. The molecule has 0 spiro atoms. The molecule has 0 unspecified atom stereocenters. The van der Waals surface area contributed by atoms with E-state index in [1.165, 1.54) is 18.2 Å². The molecule has 0 saturated heterocycles. The summed E-state index contributed by atoms with van der Waals surface area (Å²) in [6, 6.07) is 17.4. The van der Waals surface area contributed by atoms with Gasteiger partial charge in [0.05, 0.1) is 10.6 Å². The first-order chi connectivity index (χ1) is 12.0. The normalized spacial score (nSPS) is 13.7. The quantitative estimate of drug-likeness (QED) is 0.757. The number of nitrogens with one attached hydrogen (secondary N) is 2. The molecule has 4 rings (SSSR count). The Hall–Kier alpha value is -3.06. The minimum absolute atomic E-state index is 0.0465. The van der Waals surface area contributed by atoms with Crippen LogP contribution in [0.15, 0.2) is 65.6 Å². The zero-order valence-corrected chi connectivity index (χ0v) is 13.8. The number of fused-ring (bicyclic) bond motifs is 2. The van der Waals surface area contributed by atoms with Crippen LogP contribution in [0.3, 0.4) is 0 Å². The predicted octanol–water partition coefficient (Wildman–Crippen LogP) is 2.97. The van der Waals surface area contributed by atoms with E-state index in [0.717, 1.165) is 10.8 Å². The van der Waals surface area contributed by atoms with Crippen molar-refractivity contribution in [2.24, 2.45) is 0 Å². The summed E-state index contributed by atoms with van der Waals surface area (Å²) in [6.45, 7) is -0.0750. The highest BCUT2D eigenvalue weighted by atomic mass is 32.2. The van der Waals surface area contributed by atoms with Crippen LogP contribution in [0.25, 0.3) is 10.8 Å². The van der Waals surface area contributed by atoms with Gasteiger partial charge in [0.25, 0.3) is 15.9 Å². The number of rotatable bonds is 3. The minimum atomic E-state index is -3.79. The fraction of sp³-hybridized carbons (Fsp3) is 0.0556. The van der Waals surface area contributed by atoms with Gasteiger partial charge in [-0.3, -0.25) is 9.52 Å². The van der Waals surface area contributed by atoms with Crippen molar-refractivity contribution in [3.05, 3.63) is 60.7 Å². The van der Waals surface area contributed by atoms with E-state index in [4.69, 9.17) is 4.74 Å². The molecule has 0 fully saturated rings. The lowest BCUT2D eigenvalue weighted by atomic mass is 10.1. The second-order valence-electron chi connectivity index (χ2n) is 5.66. The molecule has 0 aliphatic carbocycles. The average Bonchev–Trinajstić information content (AvgIpc) is 2.60. The van der Waals surface area contributed by atoms with Crippen LogP contribution >= 0.6 is 0 Å². The highest BCUT2D eigenvalue weighted by molar-refractivity contribution is 7.92. The molecule has 0 atom stereocenters. The van der Waals surface area contributed by atoms with E-state index >= 15 is 0 Å². The van der Waals surface area contributed by atoms with Crippen LogP contribution in [-0.4, -0.2) is 20.9 Å². The van der Waals surface area contributed by atoms with Gasteiger partial charge >= 0.3 is 0 Å². The molecule has 126 valence electrons. The second kappa shape index (κ2) is 5.78. The Kier molecular flexibility index (Phi) is 3.58. The SMILES string of the molecule is O=C1COc2ccc(S(=O)(=O)Nc3ccc4ccccc4c3)cc2N1. The third kappa shape index (κ3) is 3.01. The fourth-order valence-electron chi connectivity index (χ4n) is 2.70. The van der Waals surface area contributed by atoms with Crippen molar-refractivity contribution in [1.29, 1.82) is 0 Å². The molecular weight excluding hydrogens is 340 g/mol. The lowest BCUT2D eigenvalue weighted by Gasteiger charge is -2.18. The first kappa shape index (κ1) is 15.5. The van der Waals surface area contributed by atoms with Crippen molar-refractivity contribution >= 4 is 38.1 Å². The highest BCUT2D eigenvalue weighted by Gasteiger charge is 2.21. The van der Waals surface area contributed by atoms with Gasteiger partial charge in [-0.1, -0.05) is 30.3 Å². The van der Waals surface area contributed by atoms with Crippen molar-refractivity contribution in [2.75, 3.05) is 16.6 Å². The third-order valence-corrected chi connectivity index (χ3v) is 5.27. The van der Waals surface area contributed by atoms with Crippen molar-refractivity contribution in [1.82, 2.24) is 0 Å². The maximum absolute atomic E-state index is 12.6. The van der Waals surface area contributed by atoms with Gasteiger partial charge in [0.15, 0.2) is 6.61 Å². The number of hydrogen-bond acceptors (Lipinski definition) is 4. The molecule has 3 aromatic rings. The Morgan fingerprint density at radius 1 is 0.960 bits per heavy atom. The Labute approximate surface area is 144 Å². The molecule has 0 radical (unpaired) electrons. The summed E-state index contributed by atoms with van der Waals surface area (Å²) >= 11 is 0. The Morgan fingerprint density at radius 3 is 2.60 bits per heavy atom. The molecule has 0 saturated carbocycles. The lowest BCUT2D eigenvalue weighted by molar-refractivity contribution is -0.118. The number of ether oxygens (including phenoxy) is 1. The maximum Gasteiger partial charge on any atom is 0.262 e. The summed E-state index contributed by atoms with van der Waals surface area (Å²) in [5.74, 6) is 0.133. The van der Waals surface area contributed by atoms with Gasteiger partial charge in [-0.25, -0.2) is 8.42 Å². The molecule has 7 heteroatoms. The molecule has 3 aromatic carbocycles. The Bertz CT molecular complexity index is 1090. The molecule has 1 heterocycles. The number of sulfonamides is 1. The van der Waals surface area contributed by atoms with Gasteiger partial charge in [0.1, 0.15) is 5.75 Å². The summed E-state index contributed by atoms with van der Waals surface area (Å²) in [5, 5.41) is 4.57. The summed E-state index contributed by atoms with van der Waals surface area (Å²) in [5.41, 5.74) is 0.814. The topological polar surface area (TPSA) is 84.5 Å². The number of anilines is 2. The number of carbonyl (C=O) groups is 1. The van der Waals surface area contributed by atoms with Gasteiger partial charge in [-0.15, -0.1) is 0 Å². The van der Waals surface area contributed by atoms with E-state index in [-0.39, 0.29) is 17.4 Å². The highest BCUT2D eigenvalue weighted by Crippen LogP contribution is 2.31. The molecule has 6 nitrogen and oxygen atoms in total. The predicted molar refractivity (Wildman–Crippen MR) is 95.3 cm³/mol. The summed E-state index contributed by atoms with van der Waals surface area (Å²) in [6.07, 6.45) is 0. The van der Waals surface area contributed by atoms with Gasteiger partial charge in [-0.2, -0.15) is 0 Å². The monoisotopic (exact) mass is 354 g/mol.